The number of fused-ring (bicyclic) bond motifs is 1. The zero-order chi connectivity index (χ0) is 15.8. The van der Waals surface area contributed by atoms with Crippen LogP contribution in [0.3, 0.4) is 0 Å². The normalized spacial score (nSPS) is 23.8. The van der Waals surface area contributed by atoms with Crippen LogP contribution in [-0.2, 0) is 0 Å². The molecule has 120 valence electrons. The van der Waals surface area contributed by atoms with Gasteiger partial charge in [0.15, 0.2) is 5.82 Å². The summed E-state index contributed by atoms with van der Waals surface area (Å²) < 4.78 is 15.2. The summed E-state index contributed by atoms with van der Waals surface area (Å²) in [6, 6.07) is 13.6. The third kappa shape index (κ3) is 2.68. The molecular weight excluding hydrogens is 289 g/mol. The lowest BCUT2D eigenvalue weighted by Crippen LogP contribution is -2.40. The summed E-state index contributed by atoms with van der Waals surface area (Å²) in [4.78, 5) is 2.16. The minimum Gasteiger partial charge on any atom is -0.399 e. The maximum absolute atomic E-state index is 15.2. The van der Waals surface area contributed by atoms with Crippen LogP contribution in [0.1, 0.15) is 12.8 Å². The highest BCUT2D eigenvalue weighted by Crippen LogP contribution is 2.36. The molecule has 2 aromatic carbocycles. The van der Waals surface area contributed by atoms with Crippen LogP contribution in [0.5, 0.6) is 0 Å². The highest BCUT2D eigenvalue weighted by molar-refractivity contribution is 5.75. The monoisotopic (exact) mass is 311 g/mol. The molecule has 0 spiro atoms. The Morgan fingerprint density at radius 1 is 1.13 bits per heavy atom. The van der Waals surface area contributed by atoms with E-state index in [-0.39, 0.29) is 5.82 Å². The van der Waals surface area contributed by atoms with Crippen molar-refractivity contribution in [1.82, 2.24) is 5.32 Å². The lowest BCUT2D eigenvalue weighted by atomic mass is 9.94. The van der Waals surface area contributed by atoms with Crippen molar-refractivity contribution in [3.8, 4) is 11.1 Å². The number of nitrogens with zero attached hydrogens (tertiary/aromatic N) is 1. The van der Waals surface area contributed by atoms with Crippen molar-refractivity contribution in [3.63, 3.8) is 0 Å². The van der Waals surface area contributed by atoms with E-state index < -0.39 is 0 Å². The summed E-state index contributed by atoms with van der Waals surface area (Å²) in [7, 11) is 0. The van der Waals surface area contributed by atoms with Gasteiger partial charge < -0.3 is 16.0 Å². The van der Waals surface area contributed by atoms with Crippen LogP contribution in [0.2, 0.25) is 0 Å². The molecule has 0 bridgehead atoms. The van der Waals surface area contributed by atoms with Gasteiger partial charge in [0.25, 0.3) is 0 Å². The Hall–Kier alpha value is -2.07. The Balaban J connectivity index is 1.71. The van der Waals surface area contributed by atoms with Gasteiger partial charge in [-0.2, -0.15) is 0 Å². The molecule has 23 heavy (non-hydrogen) atoms. The summed E-state index contributed by atoms with van der Waals surface area (Å²) in [5, 5.41) is 3.57. The van der Waals surface area contributed by atoms with E-state index >= 15 is 4.39 Å². The standard InChI is InChI=1S/C19H22FN3/c20-19-16(13-5-2-1-3-6-13)9-15(21)10-18(19)23-11-14-7-4-8-22-17(14)12-23/h1-3,5-6,9-10,14,17,22H,4,7-8,11-12,21H2/t14-,17+/m1/s1. The lowest BCUT2D eigenvalue weighted by Gasteiger charge is -2.24. The summed E-state index contributed by atoms with van der Waals surface area (Å²) in [6.45, 7) is 2.84. The van der Waals surface area contributed by atoms with Crippen LogP contribution in [0.25, 0.3) is 11.1 Å². The maximum atomic E-state index is 15.2. The average molecular weight is 311 g/mol. The van der Waals surface area contributed by atoms with Gasteiger partial charge in [-0.15, -0.1) is 0 Å². The molecule has 3 nitrogen and oxygen atoms in total. The molecule has 2 saturated heterocycles. The third-order valence-corrected chi connectivity index (χ3v) is 5.10. The molecular formula is C19H22FN3. The highest BCUT2D eigenvalue weighted by atomic mass is 19.1. The van der Waals surface area contributed by atoms with Crippen LogP contribution in [0.15, 0.2) is 42.5 Å². The Morgan fingerprint density at radius 3 is 2.74 bits per heavy atom. The van der Waals surface area contributed by atoms with E-state index in [1.54, 1.807) is 12.1 Å². The van der Waals surface area contributed by atoms with E-state index in [0.29, 0.717) is 28.9 Å². The molecule has 0 unspecified atom stereocenters. The molecule has 0 amide bonds. The summed E-state index contributed by atoms with van der Waals surface area (Å²) >= 11 is 0. The smallest absolute Gasteiger partial charge is 0.154 e. The second-order valence-electron chi connectivity index (χ2n) is 6.64. The first kappa shape index (κ1) is 14.5. The number of piperidine rings is 1. The number of nitrogen functional groups attached to an aromatic ring is 1. The topological polar surface area (TPSA) is 41.3 Å². The van der Waals surface area contributed by atoms with E-state index in [9.17, 15) is 0 Å². The van der Waals surface area contributed by atoms with Crippen LogP contribution in [0, 0.1) is 11.7 Å². The average Bonchev–Trinajstić information content (AvgIpc) is 3.01. The van der Waals surface area contributed by atoms with Crippen molar-refractivity contribution < 1.29 is 4.39 Å². The van der Waals surface area contributed by atoms with Crippen LogP contribution in [0.4, 0.5) is 15.8 Å². The van der Waals surface area contributed by atoms with Crippen molar-refractivity contribution >= 4 is 11.4 Å². The first-order chi connectivity index (χ1) is 11.2. The number of benzene rings is 2. The molecule has 4 heteroatoms. The Labute approximate surface area is 136 Å². The number of anilines is 2. The minimum atomic E-state index is -0.163. The van der Waals surface area contributed by atoms with Crippen molar-refractivity contribution in [2.24, 2.45) is 5.92 Å². The molecule has 0 aromatic heterocycles. The number of halogens is 1. The highest BCUT2D eigenvalue weighted by Gasteiger charge is 2.35. The Morgan fingerprint density at radius 2 is 1.96 bits per heavy atom. The molecule has 3 N–H and O–H groups in total. The molecule has 2 heterocycles. The molecule has 0 aliphatic carbocycles. The van der Waals surface area contributed by atoms with Crippen LogP contribution < -0.4 is 16.0 Å². The third-order valence-electron chi connectivity index (χ3n) is 5.10. The molecule has 2 aliphatic heterocycles. The lowest BCUT2D eigenvalue weighted by molar-refractivity contribution is 0.340. The molecule has 4 rings (SSSR count). The summed E-state index contributed by atoms with van der Waals surface area (Å²) in [5.74, 6) is 0.453. The predicted molar refractivity (Wildman–Crippen MR) is 93.0 cm³/mol. The first-order valence-corrected chi connectivity index (χ1v) is 8.35. The summed E-state index contributed by atoms with van der Waals surface area (Å²) in [5.41, 5.74) is 8.78. The fourth-order valence-corrected chi connectivity index (χ4v) is 3.93. The van der Waals surface area contributed by atoms with E-state index in [1.165, 1.54) is 12.8 Å². The fraction of sp³-hybridized carbons (Fsp3) is 0.368. The summed E-state index contributed by atoms with van der Waals surface area (Å²) in [6.07, 6.45) is 2.44. The molecule has 2 fully saturated rings. The van der Waals surface area contributed by atoms with Gasteiger partial charge in [-0.1, -0.05) is 30.3 Å². The second kappa shape index (κ2) is 5.85. The maximum Gasteiger partial charge on any atom is 0.154 e. The Kier molecular flexibility index (Phi) is 3.69. The fourth-order valence-electron chi connectivity index (χ4n) is 3.93. The second-order valence-corrected chi connectivity index (χ2v) is 6.64. The van der Waals surface area contributed by atoms with Crippen molar-refractivity contribution in [2.45, 2.75) is 18.9 Å². The van der Waals surface area contributed by atoms with Crippen molar-refractivity contribution in [1.29, 1.82) is 0 Å². The Bertz CT molecular complexity index is 687. The number of nitrogens with two attached hydrogens (primary N) is 1. The van der Waals surface area contributed by atoms with Gasteiger partial charge in [0.1, 0.15) is 0 Å². The van der Waals surface area contributed by atoms with Crippen molar-refractivity contribution in [3.05, 3.63) is 48.3 Å². The molecule has 2 atom stereocenters. The largest absolute Gasteiger partial charge is 0.399 e. The van der Waals surface area contributed by atoms with Gasteiger partial charge in [0.05, 0.1) is 5.69 Å². The van der Waals surface area contributed by atoms with Gasteiger partial charge in [0, 0.05) is 30.4 Å². The zero-order valence-electron chi connectivity index (χ0n) is 13.1. The molecule has 0 saturated carbocycles. The first-order valence-electron chi connectivity index (χ1n) is 8.35. The number of hydrogen-bond donors (Lipinski definition) is 2. The van der Waals surface area contributed by atoms with Gasteiger partial charge in [-0.25, -0.2) is 4.39 Å². The number of rotatable bonds is 2. The van der Waals surface area contributed by atoms with Gasteiger partial charge >= 0.3 is 0 Å². The number of hydrogen-bond acceptors (Lipinski definition) is 3. The SMILES string of the molecule is Nc1cc(-c2ccccc2)c(F)c(N2C[C@H]3CCCN[C@H]3C2)c1. The van der Waals surface area contributed by atoms with Crippen LogP contribution >= 0.6 is 0 Å². The zero-order valence-corrected chi connectivity index (χ0v) is 13.1. The van der Waals surface area contributed by atoms with Gasteiger partial charge in [-0.05, 0) is 43.0 Å². The molecule has 0 radical (unpaired) electrons. The quantitative estimate of drug-likeness (QED) is 0.837. The van der Waals surface area contributed by atoms with E-state index in [1.807, 2.05) is 30.3 Å². The predicted octanol–water partition coefficient (Wildman–Crippen LogP) is 3.26. The van der Waals surface area contributed by atoms with Gasteiger partial charge in [0.2, 0.25) is 0 Å². The van der Waals surface area contributed by atoms with Crippen molar-refractivity contribution in [2.75, 3.05) is 30.3 Å². The molecule has 2 aliphatic rings. The number of nitrogens with one attached hydrogen (secondary N) is 1. The van der Waals surface area contributed by atoms with E-state index in [2.05, 4.69) is 10.2 Å². The van der Waals surface area contributed by atoms with Gasteiger partial charge in [-0.3, -0.25) is 0 Å². The van der Waals surface area contributed by atoms with E-state index in [4.69, 9.17) is 5.73 Å². The van der Waals surface area contributed by atoms with E-state index in [0.717, 1.165) is 25.2 Å². The minimum absolute atomic E-state index is 0.163. The molecule has 2 aromatic rings. The van der Waals surface area contributed by atoms with Crippen LogP contribution in [-0.4, -0.2) is 25.7 Å².